The van der Waals surface area contributed by atoms with Gasteiger partial charge in [0.1, 0.15) is 0 Å². The zero-order valence-corrected chi connectivity index (χ0v) is 12.3. The quantitative estimate of drug-likeness (QED) is 0.640. The van der Waals surface area contributed by atoms with Crippen LogP contribution in [0.4, 0.5) is 0 Å². The molecule has 0 unspecified atom stereocenters. The predicted octanol–water partition coefficient (Wildman–Crippen LogP) is 1.86. The first-order valence-corrected chi connectivity index (χ1v) is 8.13. The topological polar surface area (TPSA) is 31.2 Å². The van der Waals surface area contributed by atoms with Crippen molar-refractivity contribution in [2.24, 2.45) is 7.05 Å². The number of nitrogens with zero attached hydrogens (tertiary/aromatic N) is 1. The van der Waals surface area contributed by atoms with E-state index in [0.717, 1.165) is 11.1 Å². The van der Waals surface area contributed by atoms with Crippen LogP contribution in [0.15, 0.2) is 36.5 Å². The van der Waals surface area contributed by atoms with Gasteiger partial charge in [-0.1, -0.05) is 0 Å². The van der Waals surface area contributed by atoms with Gasteiger partial charge >= 0.3 is 113 Å². The molecule has 18 heavy (non-hydrogen) atoms. The number of carbonyl (C=O) groups is 1. The average molecular weight is 308 g/mol. The minimum absolute atomic E-state index is 0.295. The van der Waals surface area contributed by atoms with Gasteiger partial charge in [0, 0.05) is 0 Å². The van der Waals surface area contributed by atoms with E-state index >= 15 is 0 Å². The van der Waals surface area contributed by atoms with E-state index in [1.54, 1.807) is 4.57 Å². The van der Waals surface area contributed by atoms with Crippen molar-refractivity contribution in [3.05, 3.63) is 42.2 Å². The third-order valence-corrected chi connectivity index (χ3v) is 4.52. The van der Waals surface area contributed by atoms with Gasteiger partial charge < -0.3 is 0 Å². The van der Waals surface area contributed by atoms with Crippen LogP contribution in [-0.2, 0) is 11.8 Å². The van der Waals surface area contributed by atoms with E-state index in [9.17, 15) is 4.79 Å². The Bertz CT molecular complexity index is 575. The molecule has 0 amide bonds. The summed E-state index contributed by atoms with van der Waals surface area (Å²) < 4.78 is 7.96. The number of carbonyl (C=O) groups excluding carboxylic acids is 1. The monoisotopic (exact) mass is 309 g/mol. The summed E-state index contributed by atoms with van der Waals surface area (Å²) in [5, 5.41) is 0. The zero-order valence-electron chi connectivity index (χ0n) is 10.6. The van der Waals surface area contributed by atoms with Crippen LogP contribution >= 0.6 is 0 Å². The van der Waals surface area contributed by atoms with Crippen LogP contribution in [0.25, 0.3) is 11.1 Å². The normalized spacial score (nSPS) is 10.4. The molecule has 2 aromatic rings. The molecule has 0 saturated heterocycles. The van der Waals surface area contributed by atoms with E-state index in [2.05, 4.69) is 18.0 Å². The van der Waals surface area contributed by atoms with Crippen LogP contribution in [0.3, 0.4) is 0 Å². The molecule has 0 N–H and O–H groups in total. The summed E-state index contributed by atoms with van der Waals surface area (Å²) in [5.41, 5.74) is 2.68. The van der Waals surface area contributed by atoms with E-state index in [0.29, 0.717) is 20.7 Å². The van der Waals surface area contributed by atoms with Gasteiger partial charge in [0.25, 0.3) is 0 Å². The van der Waals surface area contributed by atoms with Crippen LogP contribution in [-0.4, -0.2) is 32.6 Å². The number of aromatic nitrogens is 1. The Kier molecular flexibility index (Phi) is 3.90. The molecule has 0 saturated carbocycles. The van der Waals surface area contributed by atoms with Crippen LogP contribution in [0, 0.1) is 0 Å². The molecular weight excluding hydrogens is 293 g/mol. The second kappa shape index (κ2) is 5.42. The van der Waals surface area contributed by atoms with Gasteiger partial charge in [-0.25, -0.2) is 0 Å². The Morgan fingerprint density at radius 2 is 1.94 bits per heavy atom. The Morgan fingerprint density at radius 3 is 2.61 bits per heavy atom. The third-order valence-electron chi connectivity index (χ3n) is 2.85. The molecule has 0 aliphatic rings. The molecule has 0 aliphatic heterocycles. The SMILES string of the molecule is COC(=O)c1c(-c2ccccc2[Se]C)ccn1C. The van der Waals surface area contributed by atoms with Gasteiger partial charge in [0.2, 0.25) is 0 Å². The summed E-state index contributed by atoms with van der Waals surface area (Å²) in [5.74, 6) is 1.88. The first-order chi connectivity index (χ1) is 8.69. The minimum atomic E-state index is -0.295. The Hall–Kier alpha value is -1.51. The summed E-state index contributed by atoms with van der Waals surface area (Å²) in [6.45, 7) is 0. The maximum absolute atomic E-state index is 11.9. The van der Waals surface area contributed by atoms with Gasteiger partial charge in [0.05, 0.1) is 0 Å². The van der Waals surface area contributed by atoms with Crippen molar-refractivity contribution in [3.63, 3.8) is 0 Å². The van der Waals surface area contributed by atoms with E-state index < -0.39 is 0 Å². The molecule has 94 valence electrons. The summed E-state index contributed by atoms with van der Waals surface area (Å²) >= 11 is 0.389. The van der Waals surface area contributed by atoms with Crippen molar-refractivity contribution >= 4 is 25.4 Å². The molecule has 3 nitrogen and oxygen atoms in total. The molecule has 1 aromatic carbocycles. The number of hydrogen-bond acceptors (Lipinski definition) is 2. The molecule has 0 spiro atoms. The number of benzene rings is 1. The van der Waals surface area contributed by atoms with Gasteiger partial charge in [-0.2, -0.15) is 0 Å². The average Bonchev–Trinajstić information content (AvgIpc) is 2.79. The van der Waals surface area contributed by atoms with Crippen molar-refractivity contribution < 1.29 is 9.53 Å². The summed E-state index contributed by atoms with van der Waals surface area (Å²) in [6.07, 6.45) is 1.89. The van der Waals surface area contributed by atoms with Crippen molar-refractivity contribution in [2.75, 3.05) is 7.11 Å². The summed E-state index contributed by atoms with van der Waals surface area (Å²) in [6, 6.07) is 10.2. The Balaban J connectivity index is 2.61. The van der Waals surface area contributed by atoms with Gasteiger partial charge in [-0.05, 0) is 0 Å². The van der Waals surface area contributed by atoms with Crippen molar-refractivity contribution in [1.29, 1.82) is 0 Å². The predicted molar refractivity (Wildman–Crippen MR) is 73.4 cm³/mol. The van der Waals surface area contributed by atoms with Crippen molar-refractivity contribution in [1.82, 2.24) is 4.57 Å². The zero-order chi connectivity index (χ0) is 13.1. The second-order valence-electron chi connectivity index (χ2n) is 3.88. The molecule has 0 aliphatic carbocycles. The van der Waals surface area contributed by atoms with Gasteiger partial charge in [-0.3, -0.25) is 0 Å². The van der Waals surface area contributed by atoms with E-state index in [-0.39, 0.29) is 5.97 Å². The molecular formula is C14H15NO2Se. The Morgan fingerprint density at radius 1 is 1.22 bits per heavy atom. The van der Waals surface area contributed by atoms with Crippen molar-refractivity contribution in [3.8, 4) is 11.1 Å². The van der Waals surface area contributed by atoms with Crippen LogP contribution in [0.2, 0.25) is 5.82 Å². The molecule has 0 atom stereocenters. The molecule has 1 aromatic heterocycles. The number of esters is 1. The van der Waals surface area contributed by atoms with Crippen molar-refractivity contribution in [2.45, 2.75) is 5.82 Å². The summed E-state index contributed by atoms with van der Waals surface area (Å²) in [4.78, 5) is 11.9. The van der Waals surface area contributed by atoms with Crippen LogP contribution in [0.1, 0.15) is 10.5 Å². The summed E-state index contributed by atoms with van der Waals surface area (Å²) in [7, 11) is 3.27. The molecule has 0 radical (unpaired) electrons. The van der Waals surface area contributed by atoms with Gasteiger partial charge in [0.15, 0.2) is 0 Å². The third kappa shape index (κ3) is 2.22. The molecule has 4 heteroatoms. The second-order valence-corrected chi connectivity index (χ2v) is 5.66. The van der Waals surface area contributed by atoms with Crippen LogP contribution in [0.5, 0.6) is 0 Å². The first-order valence-electron chi connectivity index (χ1n) is 5.56. The molecule has 0 bridgehead atoms. The van der Waals surface area contributed by atoms with E-state index in [4.69, 9.17) is 4.74 Å². The number of ether oxygens (including phenoxy) is 1. The maximum atomic E-state index is 11.9. The number of rotatable bonds is 3. The molecule has 2 rings (SSSR count). The fraction of sp³-hybridized carbons (Fsp3) is 0.214. The van der Waals surface area contributed by atoms with E-state index in [1.165, 1.54) is 11.6 Å². The standard InChI is InChI=1S/C14H15NO2Se/c1-15-9-8-11(13(15)14(16)17-2)10-6-4-5-7-12(10)18-3/h4-9H,1-3H3. The number of methoxy groups -OCH3 is 1. The fourth-order valence-electron chi connectivity index (χ4n) is 1.96. The van der Waals surface area contributed by atoms with Gasteiger partial charge in [-0.15, -0.1) is 0 Å². The van der Waals surface area contributed by atoms with E-state index in [1.807, 2.05) is 31.4 Å². The fourth-order valence-corrected chi connectivity index (χ4v) is 3.25. The molecule has 0 fully saturated rings. The molecule has 1 heterocycles. The Labute approximate surface area is 113 Å². The van der Waals surface area contributed by atoms with Crippen LogP contribution < -0.4 is 4.46 Å². The number of hydrogen-bond donors (Lipinski definition) is 0. The first kappa shape index (κ1) is 12.9. The number of aryl methyl sites for hydroxylation is 1.